The number of hydrogen-bond acceptors (Lipinski definition) is 3. The molecule has 0 saturated heterocycles. The number of rotatable bonds is 3. The lowest BCUT2D eigenvalue weighted by Crippen LogP contribution is -2.43. The molecule has 6 heteroatoms. The van der Waals surface area contributed by atoms with E-state index in [0.717, 1.165) is 18.4 Å². The van der Waals surface area contributed by atoms with Crippen LogP contribution in [0.5, 0.6) is 0 Å². The monoisotopic (exact) mass is 321 g/mol. The highest BCUT2D eigenvalue weighted by Crippen LogP contribution is 2.51. The van der Waals surface area contributed by atoms with E-state index in [1.807, 2.05) is 0 Å². The third-order valence-electron chi connectivity index (χ3n) is 3.55. The van der Waals surface area contributed by atoms with Crippen molar-refractivity contribution in [3.8, 4) is 11.8 Å². The highest BCUT2D eigenvalue weighted by molar-refractivity contribution is 6.30. The van der Waals surface area contributed by atoms with Crippen LogP contribution in [0.2, 0.25) is 5.02 Å². The van der Waals surface area contributed by atoms with Crippen LogP contribution < -0.4 is 0 Å². The molecule has 1 aromatic carbocycles. The molecule has 1 atom stereocenters. The largest absolute Gasteiger partial charge is 0.374 e. The fraction of sp³-hybridized carbons (Fsp3) is 0.333. The molecule has 0 amide bonds. The first-order valence-corrected chi connectivity index (χ1v) is 7.29. The fourth-order valence-electron chi connectivity index (χ4n) is 2.07. The van der Waals surface area contributed by atoms with Gasteiger partial charge in [-0.1, -0.05) is 23.4 Å². The molecule has 1 fully saturated rings. The van der Waals surface area contributed by atoms with Crippen LogP contribution in [0.25, 0.3) is 0 Å². The van der Waals surface area contributed by atoms with Gasteiger partial charge in [-0.15, -0.1) is 11.6 Å². The van der Waals surface area contributed by atoms with Crippen LogP contribution in [0.15, 0.2) is 36.9 Å². The summed E-state index contributed by atoms with van der Waals surface area (Å²) in [6.45, 7) is 0.192. The Hall–Kier alpha value is -1.54. The summed E-state index contributed by atoms with van der Waals surface area (Å²) in [6, 6.07) is 7.13. The summed E-state index contributed by atoms with van der Waals surface area (Å²) in [6.07, 6.45) is 4.42. The van der Waals surface area contributed by atoms with Crippen LogP contribution in [-0.2, 0) is 6.54 Å². The van der Waals surface area contributed by atoms with Gasteiger partial charge in [0.2, 0.25) is 0 Å². The third kappa shape index (κ3) is 3.06. The van der Waals surface area contributed by atoms with Crippen molar-refractivity contribution in [3.05, 3.63) is 47.5 Å². The molecule has 1 unspecified atom stereocenters. The molecule has 108 valence electrons. The van der Waals surface area contributed by atoms with Crippen molar-refractivity contribution < 1.29 is 5.11 Å². The first kappa shape index (κ1) is 14.4. The molecule has 1 aromatic heterocycles. The number of aliphatic hydroxyl groups is 1. The van der Waals surface area contributed by atoms with Crippen molar-refractivity contribution >= 4 is 23.2 Å². The zero-order valence-electron chi connectivity index (χ0n) is 11.1. The van der Waals surface area contributed by atoms with Crippen molar-refractivity contribution in [2.24, 2.45) is 0 Å². The van der Waals surface area contributed by atoms with Gasteiger partial charge in [-0.2, -0.15) is 5.10 Å². The van der Waals surface area contributed by atoms with Crippen LogP contribution >= 0.6 is 23.2 Å². The summed E-state index contributed by atoms with van der Waals surface area (Å²) in [7, 11) is 0. The number of hydrogen-bond donors (Lipinski definition) is 1. The van der Waals surface area contributed by atoms with Gasteiger partial charge in [-0.3, -0.25) is 0 Å². The zero-order chi connectivity index (χ0) is 14.9. The van der Waals surface area contributed by atoms with E-state index >= 15 is 0 Å². The number of aromatic nitrogens is 3. The van der Waals surface area contributed by atoms with Gasteiger partial charge in [0.15, 0.2) is 5.60 Å². The van der Waals surface area contributed by atoms with E-state index in [1.54, 1.807) is 28.9 Å². The van der Waals surface area contributed by atoms with Gasteiger partial charge in [0, 0.05) is 10.6 Å². The molecule has 0 aliphatic heterocycles. The van der Waals surface area contributed by atoms with Crippen molar-refractivity contribution in [2.75, 3.05) is 0 Å². The maximum absolute atomic E-state index is 10.9. The fourth-order valence-corrected chi connectivity index (χ4v) is 2.40. The molecule has 4 nitrogen and oxygen atoms in total. The van der Waals surface area contributed by atoms with E-state index in [-0.39, 0.29) is 6.54 Å². The van der Waals surface area contributed by atoms with Gasteiger partial charge in [0.1, 0.15) is 12.7 Å². The van der Waals surface area contributed by atoms with Crippen LogP contribution in [0.3, 0.4) is 0 Å². The minimum Gasteiger partial charge on any atom is -0.374 e. The first-order valence-electron chi connectivity index (χ1n) is 6.53. The topological polar surface area (TPSA) is 50.9 Å². The van der Waals surface area contributed by atoms with Gasteiger partial charge in [0.05, 0.1) is 11.4 Å². The van der Waals surface area contributed by atoms with E-state index in [4.69, 9.17) is 23.2 Å². The summed E-state index contributed by atoms with van der Waals surface area (Å²) in [5.41, 5.74) is -0.570. The van der Waals surface area contributed by atoms with Gasteiger partial charge in [-0.05, 0) is 37.1 Å². The Labute approximate surface area is 132 Å². The lowest BCUT2D eigenvalue weighted by atomic mass is 9.97. The molecule has 2 aromatic rings. The summed E-state index contributed by atoms with van der Waals surface area (Å²) in [4.78, 5) is 3.16. The summed E-state index contributed by atoms with van der Waals surface area (Å²) >= 11 is 12.3. The van der Waals surface area contributed by atoms with Crippen molar-refractivity contribution in [3.63, 3.8) is 0 Å². The van der Waals surface area contributed by atoms with Crippen LogP contribution in [0, 0.1) is 11.8 Å². The normalized spacial score (nSPS) is 18.4. The number of benzene rings is 1. The number of nitrogens with zero attached hydrogens (tertiary/aromatic N) is 3. The molecule has 1 aliphatic rings. The van der Waals surface area contributed by atoms with Crippen molar-refractivity contribution in [1.82, 2.24) is 14.8 Å². The van der Waals surface area contributed by atoms with E-state index in [2.05, 4.69) is 21.9 Å². The second-order valence-electron chi connectivity index (χ2n) is 5.18. The average Bonchev–Trinajstić information content (AvgIpc) is 3.03. The predicted octanol–water partition coefficient (Wildman–Crippen LogP) is 2.49. The number of alkyl halides is 1. The Balaban J connectivity index is 1.88. The Morgan fingerprint density at radius 2 is 2.05 bits per heavy atom. The third-order valence-corrected chi connectivity index (χ3v) is 4.49. The van der Waals surface area contributed by atoms with Gasteiger partial charge in [0.25, 0.3) is 0 Å². The van der Waals surface area contributed by atoms with Crippen molar-refractivity contribution in [2.45, 2.75) is 29.9 Å². The number of halogens is 2. The summed E-state index contributed by atoms with van der Waals surface area (Å²) in [5, 5.41) is 15.5. The molecule has 0 bridgehead atoms. The molecular weight excluding hydrogens is 309 g/mol. The van der Waals surface area contributed by atoms with E-state index in [0.29, 0.717) is 5.02 Å². The summed E-state index contributed by atoms with van der Waals surface area (Å²) in [5.74, 6) is 5.88. The van der Waals surface area contributed by atoms with E-state index < -0.39 is 10.5 Å². The maximum Gasteiger partial charge on any atom is 0.164 e. The Kier molecular flexibility index (Phi) is 3.66. The molecule has 3 rings (SSSR count). The van der Waals surface area contributed by atoms with Gasteiger partial charge >= 0.3 is 0 Å². The SMILES string of the molecule is OC(C#Cc1ccc(Cl)cc1)(Cn1cncn1)C1(Cl)CC1. The first-order chi connectivity index (χ1) is 10.0. The maximum atomic E-state index is 10.9. The lowest BCUT2D eigenvalue weighted by Gasteiger charge is -2.27. The highest BCUT2D eigenvalue weighted by Gasteiger charge is 2.57. The molecule has 0 spiro atoms. The Bertz CT molecular complexity index is 684. The lowest BCUT2D eigenvalue weighted by molar-refractivity contribution is 0.0656. The van der Waals surface area contributed by atoms with Gasteiger partial charge in [-0.25, -0.2) is 9.67 Å². The summed E-state index contributed by atoms with van der Waals surface area (Å²) < 4.78 is 1.54. The Morgan fingerprint density at radius 3 is 2.62 bits per heavy atom. The standard InChI is InChI=1S/C15H13Cl2N3O/c16-13-3-1-12(2-4-13)5-6-15(21,14(17)7-8-14)9-20-11-18-10-19-20/h1-4,10-11,21H,7-9H2. The minimum atomic E-state index is -1.35. The molecule has 1 aliphatic carbocycles. The van der Waals surface area contributed by atoms with E-state index in [9.17, 15) is 5.11 Å². The second kappa shape index (κ2) is 5.34. The van der Waals surface area contributed by atoms with Crippen LogP contribution in [0.1, 0.15) is 18.4 Å². The average molecular weight is 322 g/mol. The van der Waals surface area contributed by atoms with E-state index in [1.165, 1.54) is 12.7 Å². The minimum absolute atomic E-state index is 0.192. The zero-order valence-corrected chi connectivity index (χ0v) is 12.6. The molecular formula is C15H13Cl2N3O. The highest BCUT2D eigenvalue weighted by atomic mass is 35.5. The molecule has 0 radical (unpaired) electrons. The molecule has 21 heavy (non-hydrogen) atoms. The van der Waals surface area contributed by atoms with Gasteiger partial charge < -0.3 is 5.11 Å². The molecule has 1 saturated carbocycles. The van der Waals surface area contributed by atoms with Crippen LogP contribution in [0.4, 0.5) is 0 Å². The Morgan fingerprint density at radius 1 is 1.33 bits per heavy atom. The molecule has 1 N–H and O–H groups in total. The quantitative estimate of drug-likeness (QED) is 0.698. The second-order valence-corrected chi connectivity index (χ2v) is 6.34. The molecule has 1 heterocycles. The predicted molar refractivity (Wildman–Crippen MR) is 81.1 cm³/mol. The smallest absolute Gasteiger partial charge is 0.164 e. The van der Waals surface area contributed by atoms with Crippen molar-refractivity contribution in [1.29, 1.82) is 0 Å². The van der Waals surface area contributed by atoms with Crippen LogP contribution in [-0.4, -0.2) is 30.3 Å².